The minimum atomic E-state index is -0.380. The van der Waals surface area contributed by atoms with E-state index in [1.165, 1.54) is 12.1 Å². The molecule has 72 valence electrons. The Morgan fingerprint density at radius 2 is 2.07 bits per heavy atom. The van der Waals surface area contributed by atoms with Gasteiger partial charge in [0.2, 0.25) is 5.28 Å². The van der Waals surface area contributed by atoms with Gasteiger partial charge in [-0.3, -0.25) is 0 Å². The summed E-state index contributed by atoms with van der Waals surface area (Å²) >= 11 is 12.5. The normalized spacial score (nSPS) is 10.5. The summed E-state index contributed by atoms with van der Waals surface area (Å²) in [5.41, 5.74) is 0.637. The molecule has 0 bridgehead atoms. The van der Waals surface area contributed by atoms with Gasteiger partial charge in [-0.25, -0.2) is 9.37 Å². The lowest BCUT2D eigenvalue weighted by Gasteiger charge is -1.98. The maximum Gasteiger partial charge on any atom is 0.234 e. The first-order valence-corrected chi connectivity index (χ1v) is 5.14. The average molecular weight is 249 g/mol. The molecule has 0 amide bonds. The van der Waals surface area contributed by atoms with Crippen LogP contribution in [-0.4, -0.2) is 9.36 Å². The van der Waals surface area contributed by atoms with E-state index in [0.29, 0.717) is 15.6 Å². The van der Waals surface area contributed by atoms with Gasteiger partial charge in [0.05, 0.1) is 5.02 Å². The van der Waals surface area contributed by atoms with Crippen molar-refractivity contribution in [2.24, 2.45) is 0 Å². The zero-order valence-corrected chi connectivity index (χ0v) is 9.00. The molecule has 1 aromatic carbocycles. The van der Waals surface area contributed by atoms with Crippen molar-refractivity contribution in [3.63, 3.8) is 0 Å². The number of aromatic nitrogens is 2. The monoisotopic (exact) mass is 248 g/mol. The van der Waals surface area contributed by atoms with Crippen molar-refractivity contribution in [2.75, 3.05) is 0 Å². The Bertz CT molecular complexity index is 472. The molecule has 0 fully saturated rings. The van der Waals surface area contributed by atoms with E-state index < -0.39 is 0 Å². The van der Waals surface area contributed by atoms with Crippen LogP contribution in [0.2, 0.25) is 10.3 Å². The summed E-state index contributed by atoms with van der Waals surface area (Å²) in [5, 5.41) is 1.06. The molecule has 2 aromatic rings. The molecule has 0 spiro atoms. The van der Waals surface area contributed by atoms with E-state index in [-0.39, 0.29) is 11.1 Å². The van der Waals surface area contributed by atoms with Crippen LogP contribution in [-0.2, 0) is 0 Å². The predicted molar refractivity (Wildman–Crippen MR) is 55.3 cm³/mol. The fourth-order valence-corrected chi connectivity index (χ4v) is 2.13. The van der Waals surface area contributed by atoms with Crippen molar-refractivity contribution in [1.82, 2.24) is 9.36 Å². The van der Waals surface area contributed by atoms with Crippen LogP contribution in [0.1, 0.15) is 0 Å². The molecule has 0 aliphatic carbocycles. The zero-order chi connectivity index (χ0) is 10.1. The van der Waals surface area contributed by atoms with Crippen molar-refractivity contribution in [2.45, 2.75) is 0 Å². The molecule has 6 heteroatoms. The van der Waals surface area contributed by atoms with Gasteiger partial charge in [-0.2, -0.15) is 4.37 Å². The molecule has 0 atom stereocenters. The number of hydrogen-bond acceptors (Lipinski definition) is 3. The van der Waals surface area contributed by atoms with E-state index >= 15 is 0 Å². The molecule has 2 nitrogen and oxygen atoms in total. The minimum absolute atomic E-state index is 0.172. The summed E-state index contributed by atoms with van der Waals surface area (Å²) in [5.74, 6) is -0.380. The highest BCUT2D eigenvalue weighted by molar-refractivity contribution is 7.09. The summed E-state index contributed by atoms with van der Waals surface area (Å²) in [7, 11) is 0. The number of hydrogen-bond donors (Lipinski definition) is 0. The number of nitrogens with zero attached hydrogens (tertiary/aromatic N) is 2. The highest BCUT2D eigenvalue weighted by atomic mass is 35.5. The van der Waals surface area contributed by atoms with E-state index in [1.807, 2.05) is 0 Å². The standard InChI is InChI=1S/C8H3Cl2FN2S/c9-6-3-4(11)1-2-5(6)7-12-8(10)13-14-7/h1-3H. The van der Waals surface area contributed by atoms with Crippen molar-refractivity contribution in [3.05, 3.63) is 34.3 Å². The highest BCUT2D eigenvalue weighted by Crippen LogP contribution is 2.30. The molecular formula is C8H3Cl2FN2S. The second-order valence-electron chi connectivity index (χ2n) is 2.49. The van der Waals surface area contributed by atoms with Gasteiger partial charge < -0.3 is 0 Å². The molecule has 0 saturated carbocycles. The van der Waals surface area contributed by atoms with Crippen molar-refractivity contribution in [3.8, 4) is 10.6 Å². The third-order valence-electron chi connectivity index (χ3n) is 1.56. The van der Waals surface area contributed by atoms with Gasteiger partial charge in [0.1, 0.15) is 10.8 Å². The van der Waals surface area contributed by atoms with Crippen LogP contribution in [0.5, 0.6) is 0 Å². The molecule has 0 aliphatic rings. The van der Waals surface area contributed by atoms with E-state index in [1.54, 1.807) is 6.07 Å². The molecule has 0 aliphatic heterocycles. The van der Waals surface area contributed by atoms with E-state index in [2.05, 4.69) is 9.36 Å². The fraction of sp³-hybridized carbons (Fsp3) is 0. The van der Waals surface area contributed by atoms with Crippen LogP contribution < -0.4 is 0 Å². The number of halogens is 3. The SMILES string of the molecule is Fc1ccc(-c2nc(Cl)ns2)c(Cl)c1. The summed E-state index contributed by atoms with van der Waals surface area (Å²) in [4.78, 5) is 3.94. The van der Waals surface area contributed by atoms with Crippen molar-refractivity contribution < 1.29 is 4.39 Å². The van der Waals surface area contributed by atoms with Crippen LogP contribution in [0.3, 0.4) is 0 Å². The predicted octanol–water partition coefficient (Wildman–Crippen LogP) is 3.65. The highest BCUT2D eigenvalue weighted by Gasteiger charge is 2.09. The lowest BCUT2D eigenvalue weighted by molar-refractivity contribution is 0.628. The summed E-state index contributed by atoms with van der Waals surface area (Å²) in [6.45, 7) is 0. The molecule has 0 radical (unpaired) electrons. The van der Waals surface area contributed by atoms with E-state index in [0.717, 1.165) is 11.5 Å². The second kappa shape index (κ2) is 3.81. The Labute approximate surface area is 93.5 Å². The number of rotatable bonds is 1. The van der Waals surface area contributed by atoms with Crippen molar-refractivity contribution in [1.29, 1.82) is 0 Å². The van der Waals surface area contributed by atoms with Gasteiger partial charge in [-0.1, -0.05) is 11.6 Å². The third kappa shape index (κ3) is 1.87. The van der Waals surface area contributed by atoms with Crippen LogP contribution in [0.15, 0.2) is 18.2 Å². The van der Waals surface area contributed by atoms with Gasteiger partial charge >= 0.3 is 0 Å². The van der Waals surface area contributed by atoms with Crippen LogP contribution >= 0.6 is 34.7 Å². The summed E-state index contributed by atoms with van der Waals surface area (Å²) < 4.78 is 16.5. The van der Waals surface area contributed by atoms with Gasteiger partial charge in [0.25, 0.3) is 0 Å². The van der Waals surface area contributed by atoms with E-state index in [4.69, 9.17) is 23.2 Å². The van der Waals surface area contributed by atoms with Crippen molar-refractivity contribution >= 4 is 34.7 Å². The van der Waals surface area contributed by atoms with Gasteiger partial charge in [-0.05, 0) is 41.3 Å². The molecule has 1 aromatic heterocycles. The quantitative estimate of drug-likeness (QED) is 0.770. The minimum Gasteiger partial charge on any atom is -0.207 e. The summed E-state index contributed by atoms with van der Waals surface area (Å²) in [6, 6.07) is 4.09. The van der Waals surface area contributed by atoms with Gasteiger partial charge in [-0.15, -0.1) is 0 Å². The largest absolute Gasteiger partial charge is 0.234 e. The fourth-order valence-electron chi connectivity index (χ4n) is 0.978. The van der Waals surface area contributed by atoms with Gasteiger partial charge in [0.15, 0.2) is 0 Å². The first-order valence-electron chi connectivity index (χ1n) is 3.61. The average Bonchev–Trinajstić information content (AvgIpc) is 2.51. The van der Waals surface area contributed by atoms with Crippen LogP contribution in [0.4, 0.5) is 4.39 Å². The molecule has 14 heavy (non-hydrogen) atoms. The number of benzene rings is 1. The molecule has 0 unspecified atom stereocenters. The molecule has 0 saturated heterocycles. The molecule has 1 heterocycles. The lowest BCUT2D eigenvalue weighted by atomic mass is 10.2. The topological polar surface area (TPSA) is 25.8 Å². The molecule has 2 rings (SSSR count). The smallest absolute Gasteiger partial charge is 0.207 e. The van der Waals surface area contributed by atoms with Gasteiger partial charge in [0, 0.05) is 5.56 Å². The Hall–Kier alpha value is -0.710. The lowest BCUT2D eigenvalue weighted by Crippen LogP contribution is -1.80. The maximum atomic E-state index is 12.7. The zero-order valence-electron chi connectivity index (χ0n) is 6.67. The Kier molecular flexibility index (Phi) is 2.67. The first kappa shape index (κ1) is 9.83. The molecular weight excluding hydrogens is 246 g/mol. The van der Waals surface area contributed by atoms with Crippen LogP contribution in [0, 0.1) is 5.82 Å². The van der Waals surface area contributed by atoms with Crippen LogP contribution in [0.25, 0.3) is 10.6 Å². The van der Waals surface area contributed by atoms with E-state index in [9.17, 15) is 4.39 Å². The maximum absolute atomic E-state index is 12.7. The molecule has 0 N–H and O–H groups in total. The first-order chi connectivity index (χ1) is 6.66. The third-order valence-corrected chi connectivity index (χ3v) is 2.89. The Morgan fingerprint density at radius 3 is 2.64 bits per heavy atom. The second-order valence-corrected chi connectivity index (χ2v) is 3.99. The Morgan fingerprint density at radius 1 is 1.29 bits per heavy atom. The summed E-state index contributed by atoms with van der Waals surface area (Å²) in [6.07, 6.45) is 0. The Balaban J connectivity index is 2.52.